The summed E-state index contributed by atoms with van der Waals surface area (Å²) in [5.74, 6) is -0.176. The predicted molar refractivity (Wildman–Crippen MR) is 67.1 cm³/mol. The van der Waals surface area contributed by atoms with Gasteiger partial charge in [-0.15, -0.1) is 0 Å². The molecule has 0 heterocycles. The van der Waals surface area contributed by atoms with Gasteiger partial charge in [-0.25, -0.2) is 4.39 Å². The van der Waals surface area contributed by atoms with Crippen molar-refractivity contribution in [1.82, 2.24) is 4.90 Å². The van der Waals surface area contributed by atoms with Gasteiger partial charge in [0, 0.05) is 31.8 Å². The Balaban J connectivity index is 2.54. The van der Waals surface area contributed by atoms with E-state index in [9.17, 15) is 4.39 Å². The molecule has 1 rings (SSSR count). The summed E-state index contributed by atoms with van der Waals surface area (Å²) in [6, 6.07) is 5.03. The Kier molecular flexibility index (Phi) is 6.11. The molecule has 0 unspecified atom stereocenters. The molecule has 3 nitrogen and oxygen atoms in total. The molecule has 4 heteroatoms. The Morgan fingerprint density at radius 2 is 2.18 bits per heavy atom. The molecule has 96 valence electrons. The van der Waals surface area contributed by atoms with Gasteiger partial charge in [-0.2, -0.15) is 0 Å². The number of hydrogen-bond acceptors (Lipinski definition) is 3. The topological polar surface area (TPSA) is 38.5 Å². The van der Waals surface area contributed by atoms with Gasteiger partial charge in [-0.3, -0.25) is 4.90 Å². The first kappa shape index (κ1) is 14.1. The molecule has 1 aromatic rings. The number of nitrogens with zero attached hydrogens (tertiary/aromatic N) is 1. The second kappa shape index (κ2) is 7.37. The highest BCUT2D eigenvalue weighted by Crippen LogP contribution is 2.12. The minimum absolute atomic E-state index is 0.176. The highest BCUT2D eigenvalue weighted by Gasteiger charge is 2.06. The minimum Gasteiger partial charge on any atom is -0.380 e. The van der Waals surface area contributed by atoms with Crippen LogP contribution >= 0.6 is 0 Å². The van der Waals surface area contributed by atoms with Gasteiger partial charge in [0.1, 0.15) is 5.82 Å². The van der Waals surface area contributed by atoms with Crippen molar-refractivity contribution in [1.29, 1.82) is 0 Å². The zero-order chi connectivity index (χ0) is 12.7. The van der Waals surface area contributed by atoms with Gasteiger partial charge in [0.25, 0.3) is 0 Å². The molecule has 2 N–H and O–H groups in total. The van der Waals surface area contributed by atoms with Gasteiger partial charge >= 0.3 is 0 Å². The Labute approximate surface area is 102 Å². The van der Waals surface area contributed by atoms with Crippen molar-refractivity contribution in [2.75, 3.05) is 26.8 Å². The van der Waals surface area contributed by atoms with Crippen LogP contribution in [0.3, 0.4) is 0 Å². The fourth-order valence-electron chi connectivity index (χ4n) is 1.61. The summed E-state index contributed by atoms with van der Waals surface area (Å²) in [4.78, 5) is 2.04. The number of benzene rings is 1. The molecule has 0 spiro atoms. The molecular formula is C13H21FN2O. The zero-order valence-electron chi connectivity index (χ0n) is 10.6. The molecule has 0 fully saturated rings. The predicted octanol–water partition coefficient (Wildman–Crippen LogP) is 1.75. The maximum atomic E-state index is 13.6. The smallest absolute Gasteiger partial charge is 0.127 e. The maximum Gasteiger partial charge on any atom is 0.127 e. The average molecular weight is 240 g/mol. The van der Waals surface area contributed by atoms with Crippen LogP contribution in [0.1, 0.15) is 18.1 Å². The molecule has 0 aromatic heterocycles. The van der Waals surface area contributed by atoms with Gasteiger partial charge in [0.2, 0.25) is 0 Å². The highest BCUT2D eigenvalue weighted by atomic mass is 19.1. The Hall–Kier alpha value is -0.970. The molecular weight excluding hydrogens is 219 g/mol. The minimum atomic E-state index is -0.176. The quantitative estimate of drug-likeness (QED) is 0.738. The van der Waals surface area contributed by atoms with Gasteiger partial charge < -0.3 is 10.5 Å². The van der Waals surface area contributed by atoms with E-state index in [2.05, 4.69) is 0 Å². The number of ether oxygens (including phenoxy) is 1. The standard InChI is InChI=1S/C13H21FN2O/c1-3-17-7-6-16(2)10-12-8-11(9-15)4-5-13(12)14/h4-5,8H,3,6-7,9-10,15H2,1-2H3. The summed E-state index contributed by atoms with van der Waals surface area (Å²) in [6.45, 7) is 5.16. The molecule has 0 bridgehead atoms. The normalized spacial score (nSPS) is 11.1. The van der Waals surface area contributed by atoms with E-state index in [1.807, 2.05) is 24.9 Å². The summed E-state index contributed by atoms with van der Waals surface area (Å²) in [7, 11) is 1.95. The van der Waals surface area contributed by atoms with Crippen LogP contribution in [0.15, 0.2) is 18.2 Å². The number of hydrogen-bond donors (Lipinski definition) is 1. The second-order valence-electron chi connectivity index (χ2n) is 4.06. The first-order chi connectivity index (χ1) is 8.17. The monoisotopic (exact) mass is 240 g/mol. The summed E-state index contributed by atoms with van der Waals surface area (Å²) in [5.41, 5.74) is 7.19. The third kappa shape index (κ3) is 4.81. The van der Waals surface area contributed by atoms with Crippen molar-refractivity contribution >= 4 is 0 Å². The van der Waals surface area contributed by atoms with Crippen LogP contribution in [-0.4, -0.2) is 31.7 Å². The van der Waals surface area contributed by atoms with E-state index in [4.69, 9.17) is 10.5 Å². The summed E-state index contributed by atoms with van der Waals surface area (Å²) in [6.07, 6.45) is 0. The first-order valence-corrected chi connectivity index (χ1v) is 5.91. The van der Waals surface area contributed by atoms with E-state index in [1.54, 1.807) is 6.07 Å². The lowest BCUT2D eigenvalue weighted by Crippen LogP contribution is -2.23. The molecule has 0 aliphatic rings. The molecule has 0 radical (unpaired) electrons. The van der Waals surface area contributed by atoms with E-state index in [-0.39, 0.29) is 5.82 Å². The van der Waals surface area contributed by atoms with Crippen LogP contribution in [0, 0.1) is 5.82 Å². The highest BCUT2D eigenvalue weighted by molar-refractivity contribution is 5.24. The fraction of sp³-hybridized carbons (Fsp3) is 0.538. The van der Waals surface area contributed by atoms with Crippen LogP contribution < -0.4 is 5.73 Å². The molecule has 0 atom stereocenters. The number of nitrogens with two attached hydrogens (primary N) is 1. The van der Waals surface area contributed by atoms with Gasteiger partial charge in [-0.05, 0) is 25.6 Å². The van der Waals surface area contributed by atoms with E-state index >= 15 is 0 Å². The molecule has 0 aliphatic carbocycles. The number of rotatable bonds is 7. The lowest BCUT2D eigenvalue weighted by Gasteiger charge is -2.17. The molecule has 0 saturated heterocycles. The van der Waals surface area contributed by atoms with E-state index < -0.39 is 0 Å². The Morgan fingerprint density at radius 1 is 1.41 bits per heavy atom. The van der Waals surface area contributed by atoms with Crippen molar-refractivity contribution < 1.29 is 9.13 Å². The molecule has 0 saturated carbocycles. The number of likely N-dealkylation sites (N-methyl/N-ethyl adjacent to an activating group) is 1. The lowest BCUT2D eigenvalue weighted by atomic mass is 10.1. The van der Waals surface area contributed by atoms with Crippen molar-refractivity contribution in [3.05, 3.63) is 35.1 Å². The van der Waals surface area contributed by atoms with Crippen LogP contribution in [0.5, 0.6) is 0 Å². The van der Waals surface area contributed by atoms with E-state index in [0.29, 0.717) is 31.9 Å². The Bertz CT molecular complexity index is 344. The fourth-order valence-corrected chi connectivity index (χ4v) is 1.61. The van der Waals surface area contributed by atoms with Crippen molar-refractivity contribution in [3.8, 4) is 0 Å². The zero-order valence-corrected chi connectivity index (χ0v) is 10.6. The average Bonchev–Trinajstić information content (AvgIpc) is 2.32. The van der Waals surface area contributed by atoms with E-state index in [0.717, 1.165) is 12.1 Å². The maximum absolute atomic E-state index is 13.6. The molecule has 1 aromatic carbocycles. The van der Waals surface area contributed by atoms with E-state index in [1.165, 1.54) is 6.07 Å². The third-order valence-corrected chi connectivity index (χ3v) is 2.61. The molecule has 0 aliphatic heterocycles. The van der Waals surface area contributed by atoms with Crippen molar-refractivity contribution in [2.24, 2.45) is 5.73 Å². The van der Waals surface area contributed by atoms with Crippen LogP contribution in [0.4, 0.5) is 4.39 Å². The summed E-state index contributed by atoms with van der Waals surface area (Å²) in [5, 5.41) is 0. The van der Waals surface area contributed by atoms with Gasteiger partial charge in [0.15, 0.2) is 0 Å². The SMILES string of the molecule is CCOCCN(C)Cc1cc(CN)ccc1F. The van der Waals surface area contributed by atoms with Gasteiger partial charge in [-0.1, -0.05) is 12.1 Å². The van der Waals surface area contributed by atoms with Crippen molar-refractivity contribution in [2.45, 2.75) is 20.0 Å². The third-order valence-electron chi connectivity index (χ3n) is 2.61. The van der Waals surface area contributed by atoms with Gasteiger partial charge in [0.05, 0.1) is 6.61 Å². The van der Waals surface area contributed by atoms with Crippen LogP contribution in [-0.2, 0) is 17.8 Å². The number of halogens is 1. The Morgan fingerprint density at radius 3 is 2.82 bits per heavy atom. The summed E-state index contributed by atoms with van der Waals surface area (Å²) < 4.78 is 18.8. The first-order valence-electron chi connectivity index (χ1n) is 5.91. The van der Waals surface area contributed by atoms with Crippen LogP contribution in [0.2, 0.25) is 0 Å². The second-order valence-corrected chi connectivity index (χ2v) is 4.06. The molecule has 0 amide bonds. The van der Waals surface area contributed by atoms with Crippen LogP contribution in [0.25, 0.3) is 0 Å². The molecule has 17 heavy (non-hydrogen) atoms. The largest absolute Gasteiger partial charge is 0.380 e. The summed E-state index contributed by atoms with van der Waals surface area (Å²) >= 11 is 0. The van der Waals surface area contributed by atoms with Crippen molar-refractivity contribution in [3.63, 3.8) is 0 Å². The lowest BCUT2D eigenvalue weighted by molar-refractivity contribution is 0.120.